The smallest absolute Gasteiger partial charge is 0.240 e. The summed E-state index contributed by atoms with van der Waals surface area (Å²) in [6.45, 7) is 3.17. The molecule has 0 aromatic rings. The highest BCUT2D eigenvalue weighted by Gasteiger charge is 2.28. The fraction of sp³-hybridized carbons (Fsp3) is 0.900. The van der Waals surface area contributed by atoms with Crippen LogP contribution in [0.4, 0.5) is 0 Å². The van der Waals surface area contributed by atoms with Crippen molar-refractivity contribution in [3.05, 3.63) is 0 Å². The molecule has 1 heterocycles. The zero-order chi connectivity index (χ0) is 10.6. The van der Waals surface area contributed by atoms with E-state index in [0.717, 1.165) is 19.4 Å². The maximum absolute atomic E-state index is 11.7. The standard InChI is InChI=1S/C10H18ClNO2/c1-8(11)10(13)12-6-4-3-5-9(12)7-14-2/h8-9H,3-7H2,1-2H3. The summed E-state index contributed by atoms with van der Waals surface area (Å²) >= 11 is 5.80. The van der Waals surface area contributed by atoms with Crippen molar-refractivity contribution in [3.63, 3.8) is 0 Å². The molecule has 14 heavy (non-hydrogen) atoms. The van der Waals surface area contributed by atoms with Gasteiger partial charge in [0.2, 0.25) is 5.91 Å². The normalized spacial score (nSPS) is 24.8. The van der Waals surface area contributed by atoms with Crippen LogP contribution < -0.4 is 0 Å². The van der Waals surface area contributed by atoms with Gasteiger partial charge in [0, 0.05) is 13.7 Å². The van der Waals surface area contributed by atoms with E-state index in [4.69, 9.17) is 16.3 Å². The summed E-state index contributed by atoms with van der Waals surface area (Å²) in [5.74, 6) is 0.0356. The van der Waals surface area contributed by atoms with Gasteiger partial charge in [0.25, 0.3) is 0 Å². The summed E-state index contributed by atoms with van der Waals surface area (Å²) in [6.07, 6.45) is 3.28. The van der Waals surface area contributed by atoms with Crippen molar-refractivity contribution in [2.75, 3.05) is 20.3 Å². The van der Waals surface area contributed by atoms with E-state index in [1.165, 1.54) is 6.42 Å². The maximum Gasteiger partial charge on any atom is 0.240 e. The number of halogens is 1. The molecule has 1 fully saturated rings. The highest BCUT2D eigenvalue weighted by atomic mass is 35.5. The fourth-order valence-electron chi connectivity index (χ4n) is 1.88. The topological polar surface area (TPSA) is 29.5 Å². The molecule has 82 valence electrons. The van der Waals surface area contributed by atoms with Gasteiger partial charge in [-0.3, -0.25) is 4.79 Å². The zero-order valence-corrected chi connectivity index (χ0v) is 9.59. The molecule has 1 aliphatic heterocycles. The van der Waals surface area contributed by atoms with Crippen molar-refractivity contribution in [2.24, 2.45) is 0 Å². The van der Waals surface area contributed by atoms with Crippen molar-refractivity contribution in [3.8, 4) is 0 Å². The first-order valence-corrected chi connectivity index (χ1v) is 5.54. The molecule has 0 aliphatic carbocycles. The van der Waals surface area contributed by atoms with E-state index < -0.39 is 5.38 Å². The predicted octanol–water partition coefficient (Wildman–Crippen LogP) is 1.64. The van der Waals surface area contributed by atoms with Gasteiger partial charge < -0.3 is 9.64 Å². The first kappa shape index (κ1) is 11.8. The number of carbonyl (C=O) groups is 1. The molecule has 1 aliphatic rings. The summed E-state index contributed by atoms with van der Waals surface area (Å²) in [4.78, 5) is 13.6. The molecule has 4 heteroatoms. The summed E-state index contributed by atoms with van der Waals surface area (Å²) < 4.78 is 5.10. The number of hydrogen-bond donors (Lipinski definition) is 0. The van der Waals surface area contributed by atoms with Gasteiger partial charge in [0.1, 0.15) is 5.38 Å². The van der Waals surface area contributed by atoms with Crippen molar-refractivity contribution in [1.29, 1.82) is 0 Å². The molecule has 0 N–H and O–H groups in total. The molecule has 3 nitrogen and oxygen atoms in total. The van der Waals surface area contributed by atoms with Crippen LogP contribution in [0.15, 0.2) is 0 Å². The third kappa shape index (κ3) is 2.85. The van der Waals surface area contributed by atoms with Gasteiger partial charge in [-0.25, -0.2) is 0 Å². The van der Waals surface area contributed by atoms with Crippen molar-refractivity contribution in [1.82, 2.24) is 4.90 Å². The Morgan fingerprint density at radius 1 is 1.64 bits per heavy atom. The fourth-order valence-corrected chi connectivity index (χ4v) is 2.01. The second kappa shape index (κ2) is 5.56. The number of methoxy groups -OCH3 is 1. The summed E-state index contributed by atoms with van der Waals surface area (Å²) in [6, 6.07) is 0.224. The van der Waals surface area contributed by atoms with Crippen LogP contribution in [0.1, 0.15) is 26.2 Å². The number of nitrogens with zero attached hydrogens (tertiary/aromatic N) is 1. The van der Waals surface area contributed by atoms with E-state index in [-0.39, 0.29) is 11.9 Å². The van der Waals surface area contributed by atoms with Crippen molar-refractivity contribution < 1.29 is 9.53 Å². The van der Waals surface area contributed by atoms with Crippen LogP contribution in [0, 0.1) is 0 Å². The van der Waals surface area contributed by atoms with Crippen molar-refractivity contribution in [2.45, 2.75) is 37.6 Å². The average Bonchev–Trinajstić information content (AvgIpc) is 2.18. The SMILES string of the molecule is COCC1CCCCN1C(=O)C(C)Cl. The molecule has 1 amide bonds. The van der Waals surface area contributed by atoms with Gasteiger partial charge in [-0.1, -0.05) is 0 Å². The van der Waals surface area contributed by atoms with Crippen LogP contribution in [-0.4, -0.2) is 42.5 Å². The van der Waals surface area contributed by atoms with E-state index >= 15 is 0 Å². The summed E-state index contributed by atoms with van der Waals surface area (Å²) in [5.41, 5.74) is 0. The average molecular weight is 220 g/mol. The molecule has 0 bridgehead atoms. The number of piperidine rings is 1. The Balaban J connectivity index is 2.57. The summed E-state index contributed by atoms with van der Waals surface area (Å²) in [7, 11) is 1.67. The Kier molecular flexibility index (Phi) is 4.69. The van der Waals surface area contributed by atoms with E-state index in [1.54, 1.807) is 14.0 Å². The van der Waals surface area contributed by atoms with Gasteiger partial charge >= 0.3 is 0 Å². The first-order chi connectivity index (χ1) is 6.66. The first-order valence-electron chi connectivity index (χ1n) is 5.10. The Morgan fingerprint density at radius 2 is 2.36 bits per heavy atom. The number of rotatable bonds is 3. The molecule has 1 saturated heterocycles. The van der Waals surface area contributed by atoms with Gasteiger partial charge in [-0.2, -0.15) is 0 Å². The number of alkyl halides is 1. The van der Waals surface area contributed by atoms with E-state index in [9.17, 15) is 4.79 Å². The van der Waals surface area contributed by atoms with Crippen LogP contribution in [0.5, 0.6) is 0 Å². The molecular formula is C10H18ClNO2. The van der Waals surface area contributed by atoms with Crippen molar-refractivity contribution >= 4 is 17.5 Å². The maximum atomic E-state index is 11.7. The molecule has 0 spiro atoms. The minimum absolute atomic E-state index is 0.0356. The van der Waals surface area contributed by atoms with Crippen LogP contribution >= 0.6 is 11.6 Å². The monoisotopic (exact) mass is 219 g/mol. The van der Waals surface area contributed by atoms with Gasteiger partial charge in [-0.15, -0.1) is 11.6 Å². The Hall–Kier alpha value is -0.280. The number of amides is 1. The lowest BCUT2D eigenvalue weighted by molar-refractivity contribution is -0.135. The minimum Gasteiger partial charge on any atom is -0.383 e. The lowest BCUT2D eigenvalue weighted by Gasteiger charge is -2.36. The van der Waals surface area contributed by atoms with E-state index in [0.29, 0.717) is 6.61 Å². The number of likely N-dealkylation sites (tertiary alicyclic amines) is 1. The largest absolute Gasteiger partial charge is 0.383 e. The molecule has 0 aromatic heterocycles. The molecule has 2 atom stereocenters. The number of hydrogen-bond acceptors (Lipinski definition) is 2. The number of ether oxygens (including phenoxy) is 1. The highest BCUT2D eigenvalue weighted by molar-refractivity contribution is 6.30. The lowest BCUT2D eigenvalue weighted by atomic mass is 10.0. The quantitative estimate of drug-likeness (QED) is 0.676. The van der Waals surface area contributed by atoms with Gasteiger partial charge in [0.15, 0.2) is 0 Å². The molecule has 0 radical (unpaired) electrons. The van der Waals surface area contributed by atoms with E-state index in [2.05, 4.69) is 0 Å². The molecule has 0 saturated carbocycles. The Morgan fingerprint density at radius 3 is 2.93 bits per heavy atom. The number of carbonyl (C=O) groups excluding carboxylic acids is 1. The Bertz CT molecular complexity index is 195. The molecule has 1 rings (SSSR count). The van der Waals surface area contributed by atoms with Crippen LogP contribution in [0.25, 0.3) is 0 Å². The second-order valence-electron chi connectivity index (χ2n) is 3.75. The lowest BCUT2D eigenvalue weighted by Crippen LogP contribution is -2.48. The second-order valence-corrected chi connectivity index (χ2v) is 4.41. The van der Waals surface area contributed by atoms with E-state index in [1.807, 2.05) is 4.90 Å². The summed E-state index contributed by atoms with van der Waals surface area (Å²) in [5, 5.41) is -0.424. The molecular weight excluding hydrogens is 202 g/mol. The van der Waals surface area contributed by atoms with Gasteiger partial charge in [0.05, 0.1) is 12.6 Å². The Labute approximate surface area is 90.4 Å². The molecule has 0 aromatic carbocycles. The third-order valence-corrected chi connectivity index (χ3v) is 2.80. The highest BCUT2D eigenvalue weighted by Crippen LogP contribution is 2.19. The minimum atomic E-state index is -0.424. The van der Waals surface area contributed by atoms with Crippen LogP contribution in [0.2, 0.25) is 0 Å². The van der Waals surface area contributed by atoms with Gasteiger partial charge in [-0.05, 0) is 26.2 Å². The predicted molar refractivity (Wildman–Crippen MR) is 56.5 cm³/mol. The zero-order valence-electron chi connectivity index (χ0n) is 8.83. The molecule has 2 unspecified atom stereocenters. The third-order valence-electron chi connectivity index (χ3n) is 2.61. The van der Waals surface area contributed by atoms with Crippen LogP contribution in [-0.2, 0) is 9.53 Å². The van der Waals surface area contributed by atoms with Crippen LogP contribution in [0.3, 0.4) is 0 Å².